The van der Waals surface area contributed by atoms with Crippen molar-refractivity contribution >= 4 is 24.0 Å². The zero-order valence-corrected chi connectivity index (χ0v) is 14.3. The molecule has 0 radical (unpaired) electrons. The Bertz CT molecular complexity index is 514. The molecule has 0 amide bonds. The number of ether oxygens (including phenoxy) is 1. The summed E-state index contributed by atoms with van der Waals surface area (Å²) >= 11 is 5.83. The molecule has 0 aromatic heterocycles. The SMILES string of the molecule is COC1CCN(Cc2cc(Cl)cc(C(F)(F)F)c2)C(CN)C1.Cl. The maximum Gasteiger partial charge on any atom is 0.416 e. The average Bonchev–Trinajstić information content (AvgIpc) is 2.46. The van der Waals surface area contributed by atoms with Crippen LogP contribution in [-0.4, -0.2) is 37.2 Å². The summed E-state index contributed by atoms with van der Waals surface area (Å²) in [5.41, 5.74) is 5.62. The maximum atomic E-state index is 12.9. The quantitative estimate of drug-likeness (QED) is 0.875. The van der Waals surface area contributed by atoms with Gasteiger partial charge in [-0.2, -0.15) is 13.2 Å². The molecule has 2 atom stereocenters. The molecular weight excluding hydrogens is 352 g/mol. The fourth-order valence-electron chi connectivity index (χ4n) is 2.87. The van der Waals surface area contributed by atoms with E-state index in [9.17, 15) is 13.2 Å². The lowest BCUT2D eigenvalue weighted by atomic mass is 9.98. The summed E-state index contributed by atoms with van der Waals surface area (Å²) in [4.78, 5) is 2.10. The van der Waals surface area contributed by atoms with Crippen LogP contribution in [0.2, 0.25) is 5.02 Å². The van der Waals surface area contributed by atoms with Crippen LogP contribution in [-0.2, 0) is 17.5 Å². The fourth-order valence-corrected chi connectivity index (χ4v) is 3.13. The second-order valence-electron chi connectivity index (χ2n) is 5.59. The Balaban J connectivity index is 0.00000264. The van der Waals surface area contributed by atoms with E-state index in [1.807, 2.05) is 0 Å². The number of halogens is 5. The van der Waals surface area contributed by atoms with E-state index in [2.05, 4.69) is 4.90 Å². The molecule has 2 unspecified atom stereocenters. The standard InChI is InChI=1S/C15H20ClF3N2O.ClH/c1-22-14-2-3-21(13(7-14)8-20)9-10-4-11(15(17,18)19)6-12(16)5-10;/h4-6,13-14H,2-3,7-9,20H2,1H3;1H. The molecule has 1 fully saturated rings. The van der Waals surface area contributed by atoms with Crippen LogP contribution in [0.1, 0.15) is 24.0 Å². The van der Waals surface area contributed by atoms with Crippen molar-refractivity contribution < 1.29 is 17.9 Å². The Hall–Kier alpha value is -0.530. The molecule has 23 heavy (non-hydrogen) atoms. The summed E-state index contributed by atoms with van der Waals surface area (Å²) in [6.07, 6.45) is -2.59. The molecule has 0 bridgehead atoms. The first kappa shape index (κ1) is 20.5. The third-order valence-electron chi connectivity index (χ3n) is 4.07. The number of methoxy groups -OCH3 is 1. The van der Waals surface area contributed by atoms with Crippen LogP contribution < -0.4 is 5.73 Å². The molecule has 0 aliphatic carbocycles. The lowest BCUT2D eigenvalue weighted by Gasteiger charge is -2.38. The number of hydrogen-bond acceptors (Lipinski definition) is 3. The molecule has 1 heterocycles. The summed E-state index contributed by atoms with van der Waals surface area (Å²) < 4.78 is 43.9. The van der Waals surface area contributed by atoms with E-state index in [-0.39, 0.29) is 29.6 Å². The lowest BCUT2D eigenvalue weighted by Crippen LogP contribution is -2.47. The highest BCUT2D eigenvalue weighted by Gasteiger charge is 2.32. The van der Waals surface area contributed by atoms with Crippen molar-refractivity contribution in [1.29, 1.82) is 0 Å². The van der Waals surface area contributed by atoms with Crippen molar-refractivity contribution in [3.05, 3.63) is 34.3 Å². The van der Waals surface area contributed by atoms with Gasteiger partial charge in [0.2, 0.25) is 0 Å². The molecule has 132 valence electrons. The molecule has 1 aliphatic rings. The highest BCUT2D eigenvalue weighted by Crippen LogP contribution is 2.32. The van der Waals surface area contributed by atoms with Gasteiger partial charge < -0.3 is 10.5 Å². The Morgan fingerprint density at radius 3 is 2.61 bits per heavy atom. The van der Waals surface area contributed by atoms with Crippen molar-refractivity contribution in [1.82, 2.24) is 4.90 Å². The van der Waals surface area contributed by atoms with E-state index in [1.54, 1.807) is 13.2 Å². The van der Waals surface area contributed by atoms with Crippen LogP contribution >= 0.6 is 24.0 Å². The molecule has 3 nitrogen and oxygen atoms in total. The maximum absolute atomic E-state index is 12.9. The molecule has 2 rings (SSSR count). The third-order valence-corrected chi connectivity index (χ3v) is 4.28. The summed E-state index contributed by atoms with van der Waals surface area (Å²) in [6.45, 7) is 1.60. The van der Waals surface area contributed by atoms with E-state index in [0.29, 0.717) is 18.7 Å². The zero-order chi connectivity index (χ0) is 16.3. The highest BCUT2D eigenvalue weighted by molar-refractivity contribution is 6.30. The largest absolute Gasteiger partial charge is 0.416 e. The fraction of sp³-hybridized carbons (Fsp3) is 0.600. The van der Waals surface area contributed by atoms with E-state index < -0.39 is 11.7 Å². The smallest absolute Gasteiger partial charge is 0.381 e. The van der Waals surface area contributed by atoms with Gasteiger partial charge in [0.25, 0.3) is 0 Å². The van der Waals surface area contributed by atoms with Crippen LogP contribution in [0.5, 0.6) is 0 Å². The molecule has 2 N–H and O–H groups in total. The van der Waals surface area contributed by atoms with Crippen molar-refractivity contribution in [3.8, 4) is 0 Å². The molecule has 0 saturated carbocycles. The van der Waals surface area contributed by atoms with Gasteiger partial charge in [-0.05, 0) is 36.6 Å². The number of nitrogens with zero attached hydrogens (tertiary/aromatic N) is 1. The lowest BCUT2D eigenvalue weighted by molar-refractivity contribution is -0.137. The van der Waals surface area contributed by atoms with Gasteiger partial charge in [0.1, 0.15) is 0 Å². The number of piperidine rings is 1. The number of alkyl halides is 3. The molecule has 1 aliphatic heterocycles. The van der Waals surface area contributed by atoms with Crippen LogP contribution in [0.4, 0.5) is 13.2 Å². The van der Waals surface area contributed by atoms with Gasteiger partial charge in [0, 0.05) is 37.8 Å². The Labute approximate surface area is 145 Å². The first-order chi connectivity index (χ1) is 10.3. The summed E-state index contributed by atoms with van der Waals surface area (Å²) in [5, 5.41) is 0.0981. The van der Waals surface area contributed by atoms with Crippen LogP contribution in [0.25, 0.3) is 0 Å². The van der Waals surface area contributed by atoms with Crippen LogP contribution in [0.15, 0.2) is 18.2 Å². The highest BCUT2D eigenvalue weighted by atomic mass is 35.5. The van der Waals surface area contributed by atoms with Gasteiger partial charge in [-0.1, -0.05) is 11.6 Å². The van der Waals surface area contributed by atoms with Gasteiger partial charge in [-0.15, -0.1) is 12.4 Å². The average molecular weight is 373 g/mol. The van der Waals surface area contributed by atoms with Crippen molar-refractivity contribution in [2.24, 2.45) is 5.73 Å². The normalized spacial score (nSPS) is 22.7. The Morgan fingerprint density at radius 1 is 1.35 bits per heavy atom. The van der Waals surface area contributed by atoms with Crippen LogP contribution in [0, 0.1) is 0 Å². The molecule has 1 aromatic carbocycles. The minimum absolute atomic E-state index is 0. The minimum Gasteiger partial charge on any atom is -0.381 e. The summed E-state index contributed by atoms with van der Waals surface area (Å²) in [7, 11) is 1.67. The van der Waals surface area contributed by atoms with E-state index in [4.69, 9.17) is 22.1 Å². The second-order valence-corrected chi connectivity index (χ2v) is 6.02. The predicted octanol–water partition coefficient (Wildman–Crippen LogP) is 3.72. The number of rotatable bonds is 4. The van der Waals surface area contributed by atoms with Crippen LogP contribution in [0.3, 0.4) is 0 Å². The minimum atomic E-state index is -4.39. The number of nitrogens with two attached hydrogens (primary N) is 1. The number of benzene rings is 1. The van der Waals surface area contributed by atoms with Crippen molar-refractivity contribution in [2.75, 3.05) is 20.2 Å². The Morgan fingerprint density at radius 2 is 2.04 bits per heavy atom. The Kier molecular flexibility index (Phi) is 7.61. The van der Waals surface area contributed by atoms with Crippen molar-refractivity contribution in [3.63, 3.8) is 0 Å². The third kappa shape index (κ3) is 5.50. The topological polar surface area (TPSA) is 38.5 Å². The zero-order valence-electron chi connectivity index (χ0n) is 12.8. The summed E-state index contributed by atoms with van der Waals surface area (Å²) in [5.74, 6) is 0. The molecule has 1 aromatic rings. The van der Waals surface area contributed by atoms with E-state index in [1.165, 1.54) is 0 Å². The first-order valence-electron chi connectivity index (χ1n) is 7.17. The van der Waals surface area contributed by atoms with Gasteiger partial charge in [-0.3, -0.25) is 4.90 Å². The van der Waals surface area contributed by atoms with Gasteiger partial charge in [-0.25, -0.2) is 0 Å². The van der Waals surface area contributed by atoms with E-state index in [0.717, 1.165) is 31.5 Å². The number of likely N-dealkylation sites (tertiary alicyclic amines) is 1. The van der Waals surface area contributed by atoms with Gasteiger partial charge >= 0.3 is 6.18 Å². The first-order valence-corrected chi connectivity index (χ1v) is 7.55. The van der Waals surface area contributed by atoms with Gasteiger partial charge in [0.05, 0.1) is 11.7 Å². The van der Waals surface area contributed by atoms with Crippen molar-refractivity contribution in [2.45, 2.75) is 37.7 Å². The number of hydrogen-bond donors (Lipinski definition) is 1. The predicted molar refractivity (Wildman–Crippen MR) is 87.0 cm³/mol. The second kappa shape index (κ2) is 8.53. The molecule has 8 heteroatoms. The molecular formula is C15H21Cl2F3N2O. The van der Waals surface area contributed by atoms with Gasteiger partial charge in [0.15, 0.2) is 0 Å². The summed E-state index contributed by atoms with van der Waals surface area (Å²) in [6, 6.07) is 3.78. The molecule has 1 saturated heterocycles. The van der Waals surface area contributed by atoms with E-state index >= 15 is 0 Å². The molecule has 0 spiro atoms. The monoisotopic (exact) mass is 372 g/mol.